The Morgan fingerprint density at radius 1 is 1.19 bits per heavy atom. The first-order chi connectivity index (χ1) is 12.9. The number of aryl methyl sites for hydroxylation is 1. The highest BCUT2D eigenvalue weighted by atomic mass is 79.9. The molecule has 0 saturated carbocycles. The SMILES string of the molecule is Cc1ccc(N2C(=O)N(C[C@H](O)COc3cccc(Br)c3)C(=O)[C@H]2C)cc1. The number of rotatable bonds is 6. The fourth-order valence-electron chi connectivity index (χ4n) is 2.95. The van der Waals surface area contributed by atoms with Gasteiger partial charge in [0.25, 0.3) is 5.91 Å². The second kappa shape index (κ2) is 8.10. The van der Waals surface area contributed by atoms with E-state index >= 15 is 0 Å². The Balaban J connectivity index is 1.64. The van der Waals surface area contributed by atoms with Gasteiger partial charge in [-0.15, -0.1) is 0 Å². The minimum absolute atomic E-state index is 0.0214. The quantitative estimate of drug-likeness (QED) is 0.710. The number of anilines is 1. The number of urea groups is 1. The number of benzene rings is 2. The third-order valence-electron chi connectivity index (χ3n) is 4.39. The van der Waals surface area contributed by atoms with E-state index in [-0.39, 0.29) is 19.1 Å². The smallest absolute Gasteiger partial charge is 0.332 e. The molecule has 1 aliphatic rings. The Labute approximate surface area is 166 Å². The Hall–Kier alpha value is -2.38. The monoisotopic (exact) mass is 432 g/mol. The number of carbonyl (C=O) groups excluding carboxylic acids is 2. The lowest BCUT2D eigenvalue weighted by atomic mass is 10.2. The maximum absolute atomic E-state index is 12.7. The van der Waals surface area contributed by atoms with Crippen LogP contribution < -0.4 is 9.64 Å². The summed E-state index contributed by atoms with van der Waals surface area (Å²) in [5, 5.41) is 10.3. The average Bonchev–Trinajstić information content (AvgIpc) is 2.85. The van der Waals surface area contributed by atoms with E-state index in [1.54, 1.807) is 19.1 Å². The van der Waals surface area contributed by atoms with Crippen LogP contribution in [0.1, 0.15) is 12.5 Å². The summed E-state index contributed by atoms with van der Waals surface area (Å²) in [5.74, 6) is 0.263. The summed E-state index contributed by atoms with van der Waals surface area (Å²) in [6, 6.07) is 13.6. The fourth-order valence-corrected chi connectivity index (χ4v) is 3.32. The summed E-state index contributed by atoms with van der Waals surface area (Å²) in [5.41, 5.74) is 1.73. The molecular weight excluding hydrogens is 412 g/mol. The third-order valence-corrected chi connectivity index (χ3v) is 4.88. The van der Waals surface area contributed by atoms with E-state index in [4.69, 9.17) is 4.74 Å². The van der Waals surface area contributed by atoms with Crippen molar-refractivity contribution in [2.75, 3.05) is 18.1 Å². The molecule has 0 radical (unpaired) electrons. The summed E-state index contributed by atoms with van der Waals surface area (Å²) in [4.78, 5) is 27.8. The first kappa shape index (κ1) is 19.4. The van der Waals surface area contributed by atoms with Gasteiger partial charge in [-0.1, -0.05) is 39.7 Å². The van der Waals surface area contributed by atoms with Gasteiger partial charge in [0.2, 0.25) is 0 Å². The van der Waals surface area contributed by atoms with Gasteiger partial charge in [-0.3, -0.25) is 14.6 Å². The van der Waals surface area contributed by atoms with E-state index in [9.17, 15) is 14.7 Å². The Kier molecular flexibility index (Phi) is 5.82. The van der Waals surface area contributed by atoms with Crippen LogP contribution in [0.4, 0.5) is 10.5 Å². The molecule has 0 bridgehead atoms. The molecule has 6 nitrogen and oxygen atoms in total. The first-order valence-electron chi connectivity index (χ1n) is 8.64. The number of ether oxygens (including phenoxy) is 1. The molecule has 1 N–H and O–H groups in total. The van der Waals surface area contributed by atoms with Crippen molar-refractivity contribution in [3.05, 3.63) is 58.6 Å². The van der Waals surface area contributed by atoms with E-state index in [1.165, 1.54) is 4.90 Å². The number of amides is 3. The number of β-amino-alcohol motifs (C(OH)–C–C–N with tert-alkyl or cyclic N) is 1. The molecule has 1 fully saturated rings. The van der Waals surface area contributed by atoms with Crippen molar-refractivity contribution in [3.8, 4) is 5.75 Å². The third kappa shape index (κ3) is 4.31. The minimum atomic E-state index is -0.984. The van der Waals surface area contributed by atoms with E-state index in [0.717, 1.165) is 14.9 Å². The largest absolute Gasteiger partial charge is 0.491 e. The summed E-state index contributed by atoms with van der Waals surface area (Å²) in [7, 11) is 0. The number of aliphatic hydroxyl groups is 1. The molecular formula is C20H21BrN2O4. The topological polar surface area (TPSA) is 70.1 Å². The van der Waals surface area contributed by atoms with Crippen LogP contribution in [0.15, 0.2) is 53.0 Å². The van der Waals surface area contributed by atoms with Gasteiger partial charge in [0.1, 0.15) is 24.5 Å². The lowest BCUT2D eigenvalue weighted by molar-refractivity contribution is -0.128. The van der Waals surface area contributed by atoms with Gasteiger partial charge < -0.3 is 9.84 Å². The zero-order valence-electron chi connectivity index (χ0n) is 15.1. The maximum atomic E-state index is 12.7. The minimum Gasteiger partial charge on any atom is -0.491 e. The molecule has 1 heterocycles. The fraction of sp³-hybridized carbons (Fsp3) is 0.300. The van der Waals surface area contributed by atoms with Crippen molar-refractivity contribution in [1.82, 2.24) is 4.90 Å². The molecule has 142 valence electrons. The van der Waals surface area contributed by atoms with Crippen LogP contribution in [-0.2, 0) is 4.79 Å². The predicted molar refractivity (Wildman–Crippen MR) is 106 cm³/mol. The van der Waals surface area contributed by atoms with Crippen molar-refractivity contribution < 1.29 is 19.4 Å². The summed E-state index contributed by atoms with van der Waals surface area (Å²) >= 11 is 3.35. The maximum Gasteiger partial charge on any atom is 0.332 e. The first-order valence-corrected chi connectivity index (χ1v) is 9.44. The van der Waals surface area contributed by atoms with Crippen LogP contribution in [0.25, 0.3) is 0 Å². The predicted octanol–water partition coefficient (Wildman–Crippen LogP) is 3.35. The molecule has 2 aromatic rings. The second-order valence-electron chi connectivity index (χ2n) is 6.54. The van der Waals surface area contributed by atoms with Crippen LogP contribution in [0, 0.1) is 6.92 Å². The number of aliphatic hydroxyl groups excluding tert-OH is 1. The number of nitrogens with zero attached hydrogens (tertiary/aromatic N) is 2. The highest BCUT2D eigenvalue weighted by molar-refractivity contribution is 9.10. The number of imide groups is 1. The van der Waals surface area contributed by atoms with Crippen molar-refractivity contribution in [3.63, 3.8) is 0 Å². The summed E-state index contributed by atoms with van der Waals surface area (Å²) in [6.45, 7) is 3.51. The Bertz CT molecular complexity index is 840. The molecule has 0 aliphatic carbocycles. The summed E-state index contributed by atoms with van der Waals surface area (Å²) < 4.78 is 6.40. The normalized spacial score (nSPS) is 18.1. The Morgan fingerprint density at radius 3 is 2.56 bits per heavy atom. The molecule has 3 amide bonds. The number of hydrogen-bond donors (Lipinski definition) is 1. The lowest BCUT2D eigenvalue weighted by Crippen LogP contribution is -2.40. The van der Waals surface area contributed by atoms with E-state index < -0.39 is 18.2 Å². The number of hydrogen-bond acceptors (Lipinski definition) is 4. The molecule has 2 atom stereocenters. The van der Waals surface area contributed by atoms with Gasteiger partial charge in [0.05, 0.1) is 6.54 Å². The van der Waals surface area contributed by atoms with Crippen molar-refractivity contribution in [2.24, 2.45) is 0 Å². The molecule has 3 rings (SSSR count). The Morgan fingerprint density at radius 2 is 1.89 bits per heavy atom. The van der Waals surface area contributed by atoms with Crippen LogP contribution in [0.5, 0.6) is 5.75 Å². The van der Waals surface area contributed by atoms with Crippen molar-refractivity contribution in [1.29, 1.82) is 0 Å². The van der Waals surface area contributed by atoms with Gasteiger partial charge in [0.15, 0.2) is 0 Å². The molecule has 7 heteroatoms. The van der Waals surface area contributed by atoms with E-state index in [2.05, 4.69) is 15.9 Å². The molecule has 1 saturated heterocycles. The van der Waals surface area contributed by atoms with Crippen LogP contribution in [-0.4, -0.2) is 47.2 Å². The van der Waals surface area contributed by atoms with Crippen LogP contribution in [0.2, 0.25) is 0 Å². The highest BCUT2D eigenvalue weighted by Crippen LogP contribution is 2.26. The summed E-state index contributed by atoms with van der Waals surface area (Å²) in [6.07, 6.45) is -0.984. The number of carbonyl (C=O) groups is 2. The van der Waals surface area contributed by atoms with Crippen LogP contribution in [0.3, 0.4) is 0 Å². The van der Waals surface area contributed by atoms with E-state index in [0.29, 0.717) is 11.4 Å². The molecule has 0 unspecified atom stereocenters. The molecule has 0 aromatic heterocycles. The van der Waals surface area contributed by atoms with Crippen molar-refractivity contribution in [2.45, 2.75) is 26.0 Å². The average molecular weight is 433 g/mol. The molecule has 2 aromatic carbocycles. The highest BCUT2D eigenvalue weighted by Gasteiger charge is 2.43. The van der Waals surface area contributed by atoms with Gasteiger partial charge in [-0.2, -0.15) is 0 Å². The molecule has 0 spiro atoms. The molecule has 1 aliphatic heterocycles. The second-order valence-corrected chi connectivity index (χ2v) is 7.45. The standard InChI is InChI=1S/C20H21BrN2O4/c1-13-6-8-16(9-7-13)23-14(2)19(25)22(20(23)26)11-17(24)12-27-18-5-3-4-15(21)10-18/h3-10,14,17,24H,11-12H2,1-2H3/t14-,17+/m1/s1. The zero-order valence-corrected chi connectivity index (χ0v) is 16.7. The van der Waals surface area contributed by atoms with Crippen LogP contribution >= 0.6 is 15.9 Å². The van der Waals surface area contributed by atoms with Crippen molar-refractivity contribution >= 4 is 33.6 Å². The van der Waals surface area contributed by atoms with E-state index in [1.807, 2.05) is 43.3 Å². The lowest BCUT2D eigenvalue weighted by Gasteiger charge is -2.21. The number of halogens is 1. The van der Waals surface area contributed by atoms with Gasteiger partial charge in [0, 0.05) is 10.2 Å². The van der Waals surface area contributed by atoms with Gasteiger partial charge >= 0.3 is 6.03 Å². The zero-order chi connectivity index (χ0) is 19.6. The molecule has 27 heavy (non-hydrogen) atoms. The van der Waals surface area contributed by atoms with Gasteiger partial charge in [-0.25, -0.2) is 4.79 Å². The van der Waals surface area contributed by atoms with Gasteiger partial charge in [-0.05, 0) is 44.2 Å².